The van der Waals surface area contributed by atoms with Crippen molar-refractivity contribution in [1.29, 1.82) is 0 Å². The predicted molar refractivity (Wildman–Crippen MR) is 110 cm³/mol. The van der Waals surface area contributed by atoms with Crippen LogP contribution in [0.1, 0.15) is 35.3 Å². The molecule has 0 saturated carbocycles. The van der Waals surface area contributed by atoms with Crippen molar-refractivity contribution in [2.45, 2.75) is 26.5 Å². The molecule has 0 aliphatic heterocycles. The van der Waals surface area contributed by atoms with Gasteiger partial charge in [-0.05, 0) is 43.7 Å². The summed E-state index contributed by atoms with van der Waals surface area (Å²) in [6.07, 6.45) is 1.43. The molecule has 0 aromatic heterocycles. The van der Waals surface area contributed by atoms with Crippen molar-refractivity contribution in [2.75, 3.05) is 7.11 Å². The van der Waals surface area contributed by atoms with E-state index in [0.717, 1.165) is 5.41 Å². The van der Waals surface area contributed by atoms with Crippen LogP contribution < -0.4 is 9.46 Å². The second-order valence-electron chi connectivity index (χ2n) is 6.29. The smallest absolute Gasteiger partial charge is 0.324 e. The number of carbonyl (C=O) groups excluding carboxylic acids is 2. The minimum absolute atomic E-state index is 0.133. The van der Waals surface area contributed by atoms with Crippen LogP contribution in [0.3, 0.4) is 0 Å². The minimum atomic E-state index is -3.84. The first-order valence-corrected chi connectivity index (χ1v) is 10.4. The van der Waals surface area contributed by atoms with E-state index >= 15 is 0 Å². The molecule has 0 aliphatic carbocycles. The molecule has 0 radical (unpaired) electrons. The number of benzene rings is 2. The molecular formula is C21H23NO6S. The molecule has 2 aromatic carbocycles. The van der Waals surface area contributed by atoms with E-state index in [1.165, 1.54) is 27.0 Å². The molecule has 29 heavy (non-hydrogen) atoms. The van der Waals surface area contributed by atoms with E-state index in [1.807, 2.05) is 6.07 Å². The van der Waals surface area contributed by atoms with Crippen molar-refractivity contribution in [3.8, 4) is 5.75 Å². The number of rotatable bonds is 9. The first-order valence-electron chi connectivity index (χ1n) is 8.82. The third kappa shape index (κ3) is 6.85. The fourth-order valence-electron chi connectivity index (χ4n) is 2.45. The summed E-state index contributed by atoms with van der Waals surface area (Å²) in [6.45, 7) is 2.66. The van der Waals surface area contributed by atoms with Crippen LogP contribution in [0.25, 0.3) is 6.08 Å². The number of hydrogen-bond acceptors (Lipinski definition) is 6. The van der Waals surface area contributed by atoms with Gasteiger partial charge in [0.05, 0.1) is 7.11 Å². The number of ketones is 1. The van der Waals surface area contributed by atoms with Crippen LogP contribution in [0.15, 0.2) is 53.9 Å². The number of carbonyl (C=O) groups is 2. The van der Waals surface area contributed by atoms with Crippen molar-refractivity contribution in [2.24, 2.45) is 0 Å². The van der Waals surface area contributed by atoms with Gasteiger partial charge in [0.15, 0.2) is 5.78 Å². The van der Waals surface area contributed by atoms with Crippen LogP contribution in [-0.2, 0) is 26.2 Å². The van der Waals surface area contributed by atoms with Crippen molar-refractivity contribution in [3.63, 3.8) is 0 Å². The molecule has 0 heterocycles. The molecular weight excluding hydrogens is 394 g/mol. The quantitative estimate of drug-likeness (QED) is 0.498. The number of Topliss-reactive ketones (excluding diaryl/α,β-unsaturated/α-hetero) is 1. The minimum Gasteiger partial charge on any atom is -0.496 e. The average Bonchev–Trinajstić information content (AvgIpc) is 2.70. The van der Waals surface area contributed by atoms with Gasteiger partial charge in [0.25, 0.3) is 0 Å². The standard InChI is InChI=1S/C21H23NO6S/c1-15(22-29(25,26)12-11-17-7-5-4-6-8-17)21(24)28-14-19-13-18(16(2)23)9-10-20(19)27-3/h4-13,15,22H,14H2,1-3H3/b12-11+/t15-/m0/s1. The van der Waals surface area contributed by atoms with Gasteiger partial charge in [-0.3, -0.25) is 9.59 Å². The molecule has 154 valence electrons. The molecule has 0 aliphatic rings. The lowest BCUT2D eigenvalue weighted by Gasteiger charge is -2.14. The topological polar surface area (TPSA) is 98.8 Å². The number of sulfonamides is 1. The maximum atomic E-state index is 12.2. The van der Waals surface area contributed by atoms with E-state index in [1.54, 1.807) is 42.5 Å². The van der Waals surface area contributed by atoms with E-state index in [2.05, 4.69) is 4.72 Å². The van der Waals surface area contributed by atoms with Gasteiger partial charge in [0.1, 0.15) is 18.4 Å². The fourth-order valence-corrected chi connectivity index (χ4v) is 3.45. The number of esters is 1. The number of hydrogen-bond donors (Lipinski definition) is 1. The second kappa shape index (κ2) is 9.99. The normalized spacial score (nSPS) is 12.5. The van der Waals surface area contributed by atoms with Gasteiger partial charge in [-0.1, -0.05) is 30.3 Å². The van der Waals surface area contributed by atoms with Gasteiger partial charge >= 0.3 is 5.97 Å². The SMILES string of the molecule is COc1ccc(C(C)=O)cc1COC(=O)[C@H](C)NS(=O)(=O)/C=C/c1ccccc1. The fraction of sp³-hybridized carbons (Fsp3) is 0.238. The van der Waals surface area contributed by atoms with Gasteiger partial charge in [-0.25, -0.2) is 8.42 Å². The summed E-state index contributed by atoms with van der Waals surface area (Å²) in [5.74, 6) is -0.426. The lowest BCUT2D eigenvalue weighted by atomic mass is 10.1. The Kier molecular flexibility index (Phi) is 7.69. The summed E-state index contributed by atoms with van der Waals surface area (Å²) in [4.78, 5) is 23.7. The van der Waals surface area contributed by atoms with E-state index < -0.39 is 22.0 Å². The highest BCUT2D eigenvalue weighted by molar-refractivity contribution is 7.92. The Hall–Kier alpha value is -2.97. The summed E-state index contributed by atoms with van der Waals surface area (Å²) >= 11 is 0. The Balaban J connectivity index is 1.99. The summed E-state index contributed by atoms with van der Waals surface area (Å²) in [6, 6.07) is 12.6. The molecule has 2 rings (SSSR count). The average molecular weight is 417 g/mol. The molecule has 1 N–H and O–H groups in total. The Morgan fingerprint density at radius 1 is 1.14 bits per heavy atom. The van der Waals surface area contributed by atoms with Crippen molar-refractivity contribution < 1.29 is 27.5 Å². The Bertz CT molecular complexity index is 999. The van der Waals surface area contributed by atoms with Crippen LogP contribution >= 0.6 is 0 Å². The highest BCUT2D eigenvalue weighted by Gasteiger charge is 2.20. The number of nitrogens with one attached hydrogen (secondary N) is 1. The molecule has 0 bridgehead atoms. The molecule has 2 aromatic rings. The monoisotopic (exact) mass is 417 g/mol. The second-order valence-corrected chi connectivity index (χ2v) is 7.89. The third-order valence-electron chi connectivity index (χ3n) is 3.99. The predicted octanol–water partition coefficient (Wildman–Crippen LogP) is 2.92. The van der Waals surface area contributed by atoms with E-state index in [0.29, 0.717) is 22.4 Å². The molecule has 1 atom stereocenters. The zero-order valence-corrected chi connectivity index (χ0v) is 17.2. The lowest BCUT2D eigenvalue weighted by Crippen LogP contribution is -2.38. The van der Waals surface area contributed by atoms with Crippen LogP contribution in [0.5, 0.6) is 5.75 Å². The van der Waals surface area contributed by atoms with Crippen LogP contribution in [0, 0.1) is 0 Å². The molecule has 0 unspecified atom stereocenters. The van der Waals surface area contributed by atoms with Gasteiger partial charge in [-0.15, -0.1) is 0 Å². The van der Waals surface area contributed by atoms with Crippen LogP contribution in [0.4, 0.5) is 0 Å². The maximum absolute atomic E-state index is 12.2. The van der Waals surface area contributed by atoms with Crippen molar-refractivity contribution in [1.82, 2.24) is 4.72 Å². The first-order chi connectivity index (χ1) is 13.7. The molecule has 7 nitrogen and oxygen atoms in total. The van der Waals surface area contributed by atoms with Crippen LogP contribution in [-0.4, -0.2) is 33.3 Å². The van der Waals surface area contributed by atoms with Gasteiger partial charge < -0.3 is 9.47 Å². The molecule has 8 heteroatoms. The van der Waals surface area contributed by atoms with E-state index in [9.17, 15) is 18.0 Å². The summed E-state index contributed by atoms with van der Waals surface area (Å²) in [5.41, 5.74) is 1.68. The number of ether oxygens (including phenoxy) is 2. The van der Waals surface area contributed by atoms with E-state index in [4.69, 9.17) is 9.47 Å². The maximum Gasteiger partial charge on any atom is 0.324 e. The van der Waals surface area contributed by atoms with Crippen molar-refractivity contribution >= 4 is 27.9 Å². The number of methoxy groups -OCH3 is 1. The first kappa shape index (κ1) is 22.3. The van der Waals surface area contributed by atoms with Gasteiger partial charge in [0, 0.05) is 16.5 Å². The highest BCUT2D eigenvalue weighted by Crippen LogP contribution is 2.21. The summed E-state index contributed by atoms with van der Waals surface area (Å²) < 4.78 is 36.9. The van der Waals surface area contributed by atoms with Gasteiger partial charge in [-0.2, -0.15) is 4.72 Å². The largest absolute Gasteiger partial charge is 0.496 e. The zero-order valence-electron chi connectivity index (χ0n) is 16.4. The van der Waals surface area contributed by atoms with Crippen molar-refractivity contribution in [3.05, 3.63) is 70.6 Å². The van der Waals surface area contributed by atoms with Crippen LogP contribution in [0.2, 0.25) is 0 Å². The Morgan fingerprint density at radius 2 is 1.83 bits per heavy atom. The summed E-state index contributed by atoms with van der Waals surface area (Å²) in [7, 11) is -2.38. The molecule has 0 fully saturated rings. The zero-order chi connectivity index (χ0) is 21.4. The molecule has 0 amide bonds. The lowest BCUT2D eigenvalue weighted by molar-refractivity contribution is -0.146. The highest BCUT2D eigenvalue weighted by atomic mass is 32.2. The van der Waals surface area contributed by atoms with E-state index in [-0.39, 0.29) is 12.4 Å². The third-order valence-corrected chi connectivity index (χ3v) is 5.17. The Morgan fingerprint density at radius 3 is 2.45 bits per heavy atom. The molecule has 0 spiro atoms. The van der Waals surface area contributed by atoms with Gasteiger partial charge in [0.2, 0.25) is 10.0 Å². The molecule has 0 saturated heterocycles. The Labute approximate surface area is 170 Å². The summed E-state index contributed by atoms with van der Waals surface area (Å²) in [5, 5.41) is 0.992.